The minimum Gasteiger partial charge on any atom is -0.493 e. The number of hydrogen-bond donors (Lipinski definition) is 2. The van der Waals surface area contributed by atoms with E-state index in [-0.39, 0.29) is 23.6 Å². The summed E-state index contributed by atoms with van der Waals surface area (Å²) >= 11 is 0. The smallest absolute Gasteiger partial charge is 0.251 e. The summed E-state index contributed by atoms with van der Waals surface area (Å²) < 4.78 is 21.0. The number of nitrogen functional groups attached to an aromatic ring is 1. The third kappa shape index (κ3) is 4.85. The molecule has 0 saturated heterocycles. The molecule has 2 aliphatic heterocycles. The molecule has 1 unspecified atom stereocenters. The first kappa shape index (κ1) is 22.9. The fraction of sp³-hybridized carbons (Fsp3) is 0.308. The molecule has 2 aromatic carbocycles. The Kier molecular flexibility index (Phi) is 6.17. The fourth-order valence-corrected chi connectivity index (χ4v) is 4.44. The van der Waals surface area contributed by atoms with E-state index in [1.54, 1.807) is 18.3 Å². The summed E-state index contributed by atoms with van der Waals surface area (Å²) in [5.41, 5.74) is 10.5. The van der Waals surface area contributed by atoms with Crippen LogP contribution in [-0.4, -0.2) is 60.3 Å². The number of amides is 1. The van der Waals surface area contributed by atoms with E-state index < -0.39 is 0 Å². The number of fused-ring (bicyclic) bond motifs is 2. The average molecular weight is 475 g/mol. The van der Waals surface area contributed by atoms with Crippen LogP contribution >= 0.6 is 0 Å². The summed E-state index contributed by atoms with van der Waals surface area (Å²) in [4.78, 5) is 27.4. The molecule has 0 bridgehead atoms. The number of rotatable bonds is 6. The van der Waals surface area contributed by atoms with Crippen LogP contribution in [0.25, 0.3) is 11.3 Å². The minimum atomic E-state index is -0.317. The molecule has 0 saturated carbocycles. The van der Waals surface area contributed by atoms with Crippen LogP contribution in [0.2, 0.25) is 0 Å². The van der Waals surface area contributed by atoms with E-state index in [4.69, 9.17) is 15.5 Å². The number of benzene rings is 2. The molecule has 35 heavy (non-hydrogen) atoms. The van der Waals surface area contributed by atoms with E-state index in [1.165, 1.54) is 6.07 Å². The van der Waals surface area contributed by atoms with E-state index >= 15 is 0 Å². The zero-order valence-electron chi connectivity index (χ0n) is 19.7. The Morgan fingerprint density at radius 2 is 2.11 bits per heavy atom. The molecule has 0 aliphatic carbocycles. The van der Waals surface area contributed by atoms with Crippen LogP contribution in [0.15, 0.2) is 47.6 Å². The summed E-state index contributed by atoms with van der Waals surface area (Å²) in [5, 5.41) is 2.94. The molecule has 9 heteroatoms. The van der Waals surface area contributed by atoms with Crippen LogP contribution in [0.1, 0.15) is 21.5 Å². The monoisotopic (exact) mass is 474 g/mol. The Hall–Kier alpha value is -3.85. The predicted molar refractivity (Wildman–Crippen MR) is 133 cm³/mol. The molecule has 1 atom stereocenters. The van der Waals surface area contributed by atoms with Gasteiger partial charge in [-0.25, -0.2) is 14.4 Å². The predicted octanol–water partition coefficient (Wildman–Crippen LogP) is 3.04. The highest BCUT2D eigenvalue weighted by Crippen LogP contribution is 2.37. The molecule has 0 radical (unpaired) electrons. The molecule has 5 rings (SSSR count). The lowest BCUT2D eigenvalue weighted by Gasteiger charge is -2.26. The van der Waals surface area contributed by atoms with Crippen LogP contribution in [0.4, 0.5) is 16.0 Å². The molecule has 3 N–H and O–H groups in total. The van der Waals surface area contributed by atoms with Crippen LogP contribution in [0, 0.1) is 11.7 Å². The van der Waals surface area contributed by atoms with Crippen molar-refractivity contribution in [3.63, 3.8) is 0 Å². The summed E-state index contributed by atoms with van der Waals surface area (Å²) in [7, 11) is 3.93. The first-order valence-corrected chi connectivity index (χ1v) is 11.5. The van der Waals surface area contributed by atoms with E-state index in [2.05, 4.69) is 15.3 Å². The largest absolute Gasteiger partial charge is 0.493 e. The first-order chi connectivity index (χ1) is 16.9. The molecular formula is C26H27FN6O2. The number of hydrogen-bond acceptors (Lipinski definition) is 7. The van der Waals surface area contributed by atoms with Gasteiger partial charge in [-0.1, -0.05) is 0 Å². The SMILES string of the molecule is CN(C)CCNC(=O)c1ccc2c(c1)CC(C1=Nc3cc(-c4ccnc(N)n4)cc(F)c3C1)CO2. The number of likely N-dealkylation sites (N-methyl/N-ethyl adjacent to an activating group) is 1. The number of aromatic nitrogens is 2. The Morgan fingerprint density at radius 3 is 2.91 bits per heavy atom. The van der Waals surface area contributed by atoms with E-state index in [0.29, 0.717) is 54.1 Å². The van der Waals surface area contributed by atoms with Crippen molar-refractivity contribution < 1.29 is 13.9 Å². The number of carbonyl (C=O) groups is 1. The molecule has 0 fully saturated rings. The van der Waals surface area contributed by atoms with Gasteiger partial charge in [0.2, 0.25) is 5.95 Å². The maximum Gasteiger partial charge on any atom is 0.251 e. The summed E-state index contributed by atoms with van der Waals surface area (Å²) in [6.07, 6.45) is 2.66. The normalized spacial score (nSPS) is 16.3. The highest BCUT2D eigenvalue weighted by atomic mass is 19.1. The molecule has 2 aliphatic rings. The Labute approximate surface area is 203 Å². The molecule has 1 aromatic heterocycles. The van der Waals surface area contributed by atoms with E-state index in [9.17, 15) is 9.18 Å². The zero-order valence-corrected chi connectivity index (χ0v) is 19.7. The number of aliphatic imine (C=N–C) groups is 1. The zero-order chi connectivity index (χ0) is 24.5. The van der Waals surface area contributed by atoms with Gasteiger partial charge >= 0.3 is 0 Å². The van der Waals surface area contributed by atoms with Crippen LogP contribution in [0.3, 0.4) is 0 Å². The number of halogens is 1. The average Bonchev–Trinajstić information content (AvgIpc) is 3.28. The topological polar surface area (TPSA) is 106 Å². The van der Waals surface area contributed by atoms with Gasteiger partial charge in [0.05, 0.1) is 18.0 Å². The van der Waals surface area contributed by atoms with Gasteiger partial charge in [-0.2, -0.15) is 0 Å². The summed E-state index contributed by atoms with van der Waals surface area (Å²) in [6.45, 7) is 1.81. The number of nitrogens with two attached hydrogens (primary N) is 1. The lowest BCUT2D eigenvalue weighted by atomic mass is 9.89. The van der Waals surface area contributed by atoms with Crippen molar-refractivity contribution in [2.75, 3.05) is 39.5 Å². The Morgan fingerprint density at radius 1 is 1.26 bits per heavy atom. The van der Waals surface area contributed by atoms with E-state index in [0.717, 1.165) is 23.6 Å². The van der Waals surface area contributed by atoms with Gasteiger partial charge in [0.25, 0.3) is 5.91 Å². The Balaban J connectivity index is 1.34. The minimum absolute atomic E-state index is 0.000466. The van der Waals surface area contributed by atoms with Gasteiger partial charge in [-0.3, -0.25) is 9.79 Å². The molecule has 3 heterocycles. The van der Waals surface area contributed by atoms with Crippen molar-refractivity contribution in [2.45, 2.75) is 12.8 Å². The molecule has 1 amide bonds. The highest BCUT2D eigenvalue weighted by molar-refractivity contribution is 5.97. The van der Waals surface area contributed by atoms with E-state index in [1.807, 2.05) is 37.2 Å². The number of nitrogens with one attached hydrogen (secondary N) is 1. The molecular weight excluding hydrogens is 447 g/mol. The van der Waals surface area contributed by atoms with Crippen molar-refractivity contribution >= 4 is 23.3 Å². The summed E-state index contributed by atoms with van der Waals surface area (Å²) in [5.74, 6) is 0.484. The third-order valence-electron chi connectivity index (χ3n) is 6.31. The maximum absolute atomic E-state index is 15.0. The lowest BCUT2D eigenvalue weighted by Crippen LogP contribution is -2.32. The van der Waals surface area contributed by atoms with Crippen molar-refractivity contribution in [2.24, 2.45) is 10.9 Å². The number of nitrogens with zero attached hydrogens (tertiary/aromatic N) is 4. The second kappa shape index (κ2) is 9.42. The molecule has 3 aromatic rings. The van der Waals surface area contributed by atoms with Crippen molar-refractivity contribution in [3.05, 3.63) is 65.1 Å². The van der Waals surface area contributed by atoms with Crippen LogP contribution in [0.5, 0.6) is 5.75 Å². The van der Waals surface area contributed by atoms with Gasteiger partial charge in [0.15, 0.2) is 0 Å². The number of carbonyl (C=O) groups excluding carboxylic acids is 1. The number of ether oxygens (including phenoxy) is 1. The molecule has 0 spiro atoms. The van der Waals surface area contributed by atoms with Gasteiger partial charge in [0.1, 0.15) is 11.6 Å². The van der Waals surface area contributed by atoms with Gasteiger partial charge in [-0.15, -0.1) is 0 Å². The first-order valence-electron chi connectivity index (χ1n) is 11.5. The van der Waals surface area contributed by atoms with Crippen LogP contribution in [-0.2, 0) is 12.8 Å². The quantitative estimate of drug-likeness (QED) is 0.569. The second-order valence-corrected chi connectivity index (χ2v) is 9.13. The van der Waals surface area contributed by atoms with Gasteiger partial charge in [-0.05, 0) is 62.5 Å². The molecule has 8 nitrogen and oxygen atoms in total. The van der Waals surface area contributed by atoms with Gasteiger partial charge in [0, 0.05) is 54.0 Å². The standard InChI is InChI=1S/C26H27FN6O2/c1-33(2)8-7-29-25(34)15-3-4-24-17(9-15)10-18(14-35-24)22-13-19-20(27)11-16(12-23(19)31-22)21-5-6-30-26(28)32-21/h3-6,9,11-12,18H,7-8,10,13-14H2,1-2H3,(H,29,34)(H2,28,30,32). The third-order valence-corrected chi connectivity index (χ3v) is 6.31. The molecule has 180 valence electrons. The fourth-order valence-electron chi connectivity index (χ4n) is 4.44. The van der Waals surface area contributed by atoms with Crippen LogP contribution < -0.4 is 15.8 Å². The highest BCUT2D eigenvalue weighted by Gasteiger charge is 2.30. The Bertz CT molecular complexity index is 1320. The second-order valence-electron chi connectivity index (χ2n) is 9.13. The lowest BCUT2D eigenvalue weighted by molar-refractivity contribution is 0.0950. The summed E-state index contributed by atoms with van der Waals surface area (Å²) in [6, 6.07) is 10.5. The maximum atomic E-state index is 15.0. The van der Waals surface area contributed by atoms with Gasteiger partial charge < -0.3 is 20.7 Å². The van der Waals surface area contributed by atoms with Crippen molar-refractivity contribution in [3.8, 4) is 17.0 Å². The number of anilines is 1. The van der Waals surface area contributed by atoms with Crippen molar-refractivity contribution in [1.82, 2.24) is 20.2 Å². The van der Waals surface area contributed by atoms with Crippen molar-refractivity contribution in [1.29, 1.82) is 0 Å².